The van der Waals surface area contributed by atoms with Gasteiger partial charge >= 0.3 is 0 Å². The van der Waals surface area contributed by atoms with Crippen LogP contribution in [0.2, 0.25) is 0 Å². The third kappa shape index (κ3) is 5.49. The van der Waals surface area contributed by atoms with Gasteiger partial charge in [0.1, 0.15) is 0 Å². The minimum absolute atomic E-state index is 0.0548. The van der Waals surface area contributed by atoms with E-state index in [1.54, 1.807) is 11.4 Å². The number of amides is 2. The molecule has 0 radical (unpaired) electrons. The molecule has 24 heavy (non-hydrogen) atoms. The highest BCUT2D eigenvalue weighted by Crippen LogP contribution is 2.06. The molecule has 0 saturated carbocycles. The fraction of sp³-hybridized carbons (Fsp3) is 0.471. The normalized spacial score (nSPS) is 12.0. The van der Waals surface area contributed by atoms with Gasteiger partial charge in [0, 0.05) is 42.7 Å². The lowest BCUT2D eigenvalue weighted by Crippen LogP contribution is -2.33. The summed E-state index contributed by atoms with van der Waals surface area (Å²) in [5, 5.41) is 13.7. The minimum atomic E-state index is -0.137. The Bertz CT molecular complexity index is 679. The van der Waals surface area contributed by atoms with Crippen molar-refractivity contribution < 1.29 is 9.59 Å². The highest BCUT2D eigenvalue weighted by molar-refractivity contribution is 7.08. The summed E-state index contributed by atoms with van der Waals surface area (Å²) in [5.41, 5.74) is 2.77. The van der Waals surface area contributed by atoms with Gasteiger partial charge in [0.25, 0.3) is 5.91 Å². The van der Waals surface area contributed by atoms with Crippen LogP contribution in [0.3, 0.4) is 0 Å². The van der Waals surface area contributed by atoms with Crippen LogP contribution in [0, 0.1) is 19.8 Å². The average molecular weight is 348 g/mol. The molecule has 1 atom stereocenters. The van der Waals surface area contributed by atoms with Crippen LogP contribution in [-0.2, 0) is 11.3 Å². The van der Waals surface area contributed by atoms with E-state index in [4.69, 9.17) is 0 Å². The smallest absolute Gasteiger partial charge is 0.252 e. The molecule has 7 heteroatoms. The summed E-state index contributed by atoms with van der Waals surface area (Å²) in [6, 6.07) is 3.81. The summed E-state index contributed by atoms with van der Waals surface area (Å²) in [7, 11) is 0. The lowest BCUT2D eigenvalue weighted by atomic mass is 10.2. The molecule has 0 aromatic carbocycles. The van der Waals surface area contributed by atoms with Crippen molar-refractivity contribution in [2.45, 2.75) is 33.7 Å². The zero-order valence-corrected chi connectivity index (χ0v) is 15.2. The molecular weight excluding hydrogens is 324 g/mol. The summed E-state index contributed by atoms with van der Waals surface area (Å²) < 4.78 is 1.97. The zero-order chi connectivity index (χ0) is 17.5. The lowest BCUT2D eigenvalue weighted by molar-refractivity contribution is -0.121. The molecule has 0 aliphatic carbocycles. The summed E-state index contributed by atoms with van der Waals surface area (Å²) >= 11 is 1.47. The second kappa shape index (κ2) is 8.63. The van der Waals surface area contributed by atoms with Crippen LogP contribution in [0.25, 0.3) is 0 Å². The van der Waals surface area contributed by atoms with E-state index in [-0.39, 0.29) is 24.2 Å². The topological polar surface area (TPSA) is 76.0 Å². The van der Waals surface area contributed by atoms with Crippen molar-refractivity contribution in [3.8, 4) is 0 Å². The van der Waals surface area contributed by atoms with Gasteiger partial charge < -0.3 is 10.6 Å². The maximum absolute atomic E-state index is 11.9. The van der Waals surface area contributed by atoms with Gasteiger partial charge in [-0.2, -0.15) is 16.4 Å². The molecule has 0 saturated heterocycles. The Hall–Kier alpha value is -2.15. The number of carbonyl (C=O) groups is 2. The van der Waals surface area contributed by atoms with Crippen LogP contribution < -0.4 is 10.6 Å². The van der Waals surface area contributed by atoms with Gasteiger partial charge in [-0.15, -0.1) is 0 Å². The third-order valence-corrected chi connectivity index (χ3v) is 4.34. The molecule has 2 N–H and O–H groups in total. The van der Waals surface area contributed by atoms with Crippen molar-refractivity contribution in [3.63, 3.8) is 0 Å². The molecule has 0 aliphatic rings. The molecule has 2 amide bonds. The van der Waals surface area contributed by atoms with E-state index in [1.165, 1.54) is 11.3 Å². The molecule has 130 valence electrons. The first-order valence-electron chi connectivity index (χ1n) is 8.04. The molecule has 0 bridgehead atoms. The number of carbonyl (C=O) groups excluding carboxylic acids is 2. The second-order valence-corrected chi connectivity index (χ2v) is 6.82. The molecular formula is C17H24N4O2S. The minimum Gasteiger partial charge on any atom is -0.356 e. The van der Waals surface area contributed by atoms with Crippen molar-refractivity contribution in [3.05, 3.63) is 39.8 Å². The monoisotopic (exact) mass is 348 g/mol. The van der Waals surface area contributed by atoms with Crippen molar-refractivity contribution in [1.82, 2.24) is 20.4 Å². The Morgan fingerprint density at radius 2 is 2.12 bits per heavy atom. The number of nitrogens with one attached hydrogen (secondary N) is 2. The average Bonchev–Trinajstić information content (AvgIpc) is 3.15. The van der Waals surface area contributed by atoms with Crippen LogP contribution in [-0.4, -0.2) is 34.7 Å². The number of nitrogens with zero attached hydrogens (tertiary/aromatic N) is 2. The van der Waals surface area contributed by atoms with E-state index in [0.29, 0.717) is 18.7 Å². The van der Waals surface area contributed by atoms with Crippen molar-refractivity contribution in [2.75, 3.05) is 13.1 Å². The summed E-state index contributed by atoms with van der Waals surface area (Å²) in [5.74, 6) is 0.0927. The summed E-state index contributed by atoms with van der Waals surface area (Å²) in [4.78, 5) is 23.6. The van der Waals surface area contributed by atoms with E-state index >= 15 is 0 Å². The van der Waals surface area contributed by atoms with Gasteiger partial charge in [-0.05, 0) is 37.3 Å². The predicted molar refractivity (Wildman–Crippen MR) is 95.1 cm³/mol. The Morgan fingerprint density at radius 3 is 2.75 bits per heavy atom. The Kier molecular flexibility index (Phi) is 6.54. The first-order valence-corrected chi connectivity index (χ1v) is 8.98. The molecule has 2 aromatic heterocycles. The van der Waals surface area contributed by atoms with Gasteiger partial charge in [-0.1, -0.05) is 6.92 Å². The molecule has 1 unspecified atom stereocenters. The van der Waals surface area contributed by atoms with Crippen molar-refractivity contribution in [1.29, 1.82) is 0 Å². The molecule has 0 fully saturated rings. The fourth-order valence-electron chi connectivity index (χ4n) is 2.38. The maximum Gasteiger partial charge on any atom is 0.252 e. The van der Waals surface area contributed by atoms with Gasteiger partial charge in [-0.3, -0.25) is 14.3 Å². The number of hydrogen-bond donors (Lipinski definition) is 2. The van der Waals surface area contributed by atoms with Crippen LogP contribution in [0.1, 0.15) is 35.1 Å². The van der Waals surface area contributed by atoms with Gasteiger partial charge in [0.15, 0.2) is 0 Å². The molecule has 0 spiro atoms. The SMILES string of the molecule is Cc1cc(C)n(CC(C)CNC(=O)CCNC(=O)c2ccsc2)n1. The van der Waals surface area contributed by atoms with Crippen molar-refractivity contribution >= 4 is 23.2 Å². The van der Waals surface area contributed by atoms with Crippen LogP contribution in [0.5, 0.6) is 0 Å². The maximum atomic E-state index is 11.9. The number of rotatable bonds is 8. The summed E-state index contributed by atoms with van der Waals surface area (Å²) in [6.45, 7) is 7.79. The van der Waals surface area contributed by atoms with E-state index in [0.717, 1.165) is 17.9 Å². The van der Waals surface area contributed by atoms with E-state index in [2.05, 4.69) is 22.7 Å². The molecule has 0 aliphatic heterocycles. The lowest BCUT2D eigenvalue weighted by Gasteiger charge is -2.14. The highest BCUT2D eigenvalue weighted by atomic mass is 32.1. The Morgan fingerprint density at radius 1 is 1.33 bits per heavy atom. The largest absolute Gasteiger partial charge is 0.356 e. The number of thiophene rings is 1. The van der Waals surface area contributed by atoms with Crippen LogP contribution in [0.4, 0.5) is 0 Å². The Balaban J connectivity index is 1.64. The second-order valence-electron chi connectivity index (χ2n) is 6.04. The Labute approximate surface area is 146 Å². The zero-order valence-electron chi connectivity index (χ0n) is 14.3. The standard InChI is InChI=1S/C17H24N4O2S/c1-12(10-21-14(3)8-13(2)20-21)9-19-16(22)4-6-18-17(23)15-5-7-24-11-15/h5,7-8,11-12H,4,6,9-10H2,1-3H3,(H,18,23)(H,19,22). The number of aromatic nitrogens is 2. The molecule has 2 aromatic rings. The summed E-state index contributed by atoms with van der Waals surface area (Å²) in [6.07, 6.45) is 0.280. The third-order valence-electron chi connectivity index (χ3n) is 3.66. The van der Waals surface area contributed by atoms with Crippen LogP contribution >= 0.6 is 11.3 Å². The molecule has 2 rings (SSSR count). The van der Waals surface area contributed by atoms with E-state index in [1.807, 2.05) is 30.0 Å². The van der Waals surface area contributed by atoms with Gasteiger partial charge in [0.2, 0.25) is 5.91 Å². The van der Waals surface area contributed by atoms with E-state index < -0.39 is 0 Å². The van der Waals surface area contributed by atoms with Gasteiger partial charge in [-0.25, -0.2) is 0 Å². The fourth-order valence-corrected chi connectivity index (χ4v) is 3.02. The van der Waals surface area contributed by atoms with Crippen LogP contribution in [0.15, 0.2) is 22.9 Å². The van der Waals surface area contributed by atoms with Gasteiger partial charge in [0.05, 0.1) is 5.69 Å². The predicted octanol–water partition coefficient (Wildman–Crippen LogP) is 2.13. The van der Waals surface area contributed by atoms with Crippen molar-refractivity contribution in [2.24, 2.45) is 5.92 Å². The first kappa shape index (κ1) is 18.2. The highest BCUT2D eigenvalue weighted by Gasteiger charge is 2.10. The molecule has 6 nitrogen and oxygen atoms in total. The number of aryl methyl sites for hydroxylation is 2. The number of hydrogen-bond acceptors (Lipinski definition) is 4. The quantitative estimate of drug-likeness (QED) is 0.767. The first-order chi connectivity index (χ1) is 11.5. The molecule has 2 heterocycles. The van der Waals surface area contributed by atoms with E-state index in [9.17, 15) is 9.59 Å².